The van der Waals surface area contributed by atoms with E-state index in [0.717, 1.165) is 5.56 Å². The number of amides is 2. The zero-order chi connectivity index (χ0) is 16.7. The maximum Gasteiger partial charge on any atom is 0.319 e. The number of rotatable bonds is 6. The molecule has 2 rings (SSSR count). The average molecular weight is 317 g/mol. The molecule has 23 heavy (non-hydrogen) atoms. The topological polar surface area (TPSA) is 81.7 Å². The summed E-state index contributed by atoms with van der Waals surface area (Å²) in [5, 5.41) is 5.45. The van der Waals surface area contributed by atoms with Gasteiger partial charge in [0.25, 0.3) is 0 Å². The Bertz CT molecular complexity index is 662. The first-order chi connectivity index (χ1) is 11.2. The van der Waals surface area contributed by atoms with E-state index in [-0.39, 0.29) is 12.6 Å². The predicted octanol–water partition coefficient (Wildman–Crippen LogP) is 2.43. The van der Waals surface area contributed by atoms with Crippen LogP contribution in [0.5, 0.6) is 17.2 Å². The van der Waals surface area contributed by atoms with Crippen LogP contribution in [0.2, 0.25) is 0 Å². The fourth-order valence-electron chi connectivity index (χ4n) is 2.02. The Balaban J connectivity index is 2.06. The van der Waals surface area contributed by atoms with Crippen LogP contribution in [-0.2, 0) is 6.54 Å². The predicted molar refractivity (Wildman–Crippen MR) is 86.2 cm³/mol. The van der Waals surface area contributed by atoms with Crippen LogP contribution >= 0.6 is 0 Å². The largest absolute Gasteiger partial charge is 0.496 e. The van der Waals surface area contributed by atoms with Crippen LogP contribution < -0.4 is 24.8 Å². The first kappa shape index (κ1) is 16.4. The molecule has 1 aromatic heterocycles. The third kappa shape index (κ3) is 4.26. The van der Waals surface area contributed by atoms with Crippen LogP contribution in [0.25, 0.3) is 0 Å². The minimum atomic E-state index is -0.338. The van der Waals surface area contributed by atoms with E-state index in [1.165, 1.54) is 0 Å². The zero-order valence-electron chi connectivity index (χ0n) is 13.3. The van der Waals surface area contributed by atoms with E-state index in [2.05, 4.69) is 15.6 Å². The molecule has 0 radical (unpaired) electrons. The van der Waals surface area contributed by atoms with Gasteiger partial charge in [0.2, 0.25) is 0 Å². The lowest BCUT2D eigenvalue weighted by Gasteiger charge is -2.14. The quantitative estimate of drug-likeness (QED) is 0.855. The molecule has 0 saturated carbocycles. The molecule has 2 amide bonds. The van der Waals surface area contributed by atoms with Crippen molar-refractivity contribution >= 4 is 11.7 Å². The molecular weight excluding hydrogens is 298 g/mol. The molecule has 0 aliphatic carbocycles. The standard InChI is InChI=1S/C16H19N3O4/c1-21-13-8-15(23-3)14(22-2)7-11(13)9-18-16(20)19-12-5-4-6-17-10-12/h4-8,10H,9H2,1-3H3,(H2,18,19,20). The number of carbonyl (C=O) groups excluding carboxylic acids is 1. The summed E-state index contributed by atoms with van der Waals surface area (Å²) in [7, 11) is 4.66. The molecule has 0 spiro atoms. The smallest absolute Gasteiger partial charge is 0.319 e. The Morgan fingerprint density at radius 1 is 1.09 bits per heavy atom. The summed E-state index contributed by atoms with van der Waals surface area (Å²) in [4.78, 5) is 15.8. The molecule has 0 saturated heterocycles. The van der Waals surface area contributed by atoms with Crippen molar-refractivity contribution in [3.63, 3.8) is 0 Å². The molecular formula is C16H19N3O4. The molecule has 0 aliphatic rings. The lowest BCUT2D eigenvalue weighted by molar-refractivity contribution is 0.251. The molecule has 1 aromatic carbocycles. The van der Waals surface area contributed by atoms with Crippen molar-refractivity contribution < 1.29 is 19.0 Å². The highest BCUT2D eigenvalue weighted by Gasteiger charge is 2.12. The summed E-state index contributed by atoms with van der Waals surface area (Å²) >= 11 is 0. The van der Waals surface area contributed by atoms with Crippen molar-refractivity contribution in [3.8, 4) is 17.2 Å². The van der Waals surface area contributed by atoms with Crippen LogP contribution in [0.4, 0.5) is 10.5 Å². The van der Waals surface area contributed by atoms with Gasteiger partial charge < -0.3 is 24.8 Å². The lowest BCUT2D eigenvalue weighted by Crippen LogP contribution is -2.28. The summed E-state index contributed by atoms with van der Waals surface area (Å²) in [6, 6.07) is 6.64. The molecule has 0 unspecified atom stereocenters. The van der Waals surface area contributed by atoms with E-state index in [0.29, 0.717) is 22.9 Å². The average Bonchev–Trinajstić information content (AvgIpc) is 2.59. The van der Waals surface area contributed by atoms with E-state index >= 15 is 0 Å². The molecule has 1 heterocycles. The first-order valence-electron chi connectivity index (χ1n) is 6.91. The van der Waals surface area contributed by atoms with Gasteiger partial charge in [0, 0.05) is 24.4 Å². The van der Waals surface area contributed by atoms with Crippen molar-refractivity contribution in [3.05, 3.63) is 42.2 Å². The SMILES string of the molecule is COc1cc(OC)c(OC)cc1CNC(=O)Nc1cccnc1. The van der Waals surface area contributed by atoms with Gasteiger partial charge in [-0.1, -0.05) is 0 Å². The molecule has 122 valence electrons. The number of nitrogens with one attached hydrogen (secondary N) is 2. The molecule has 0 bridgehead atoms. The summed E-state index contributed by atoms with van der Waals surface area (Å²) in [5.41, 5.74) is 1.38. The van der Waals surface area contributed by atoms with E-state index < -0.39 is 0 Å². The van der Waals surface area contributed by atoms with Gasteiger partial charge in [0.05, 0.1) is 33.2 Å². The zero-order valence-corrected chi connectivity index (χ0v) is 13.3. The highest BCUT2D eigenvalue weighted by molar-refractivity contribution is 5.88. The van der Waals surface area contributed by atoms with Gasteiger partial charge in [-0.15, -0.1) is 0 Å². The second-order valence-electron chi connectivity index (χ2n) is 4.57. The van der Waals surface area contributed by atoms with E-state index in [1.54, 1.807) is 58.0 Å². The molecule has 2 aromatic rings. The number of pyridine rings is 1. The van der Waals surface area contributed by atoms with Gasteiger partial charge in [-0.3, -0.25) is 4.98 Å². The van der Waals surface area contributed by atoms with Crippen LogP contribution in [0.15, 0.2) is 36.7 Å². The number of ether oxygens (including phenoxy) is 3. The van der Waals surface area contributed by atoms with E-state index in [1.807, 2.05) is 0 Å². The van der Waals surface area contributed by atoms with Crippen LogP contribution in [0, 0.1) is 0 Å². The van der Waals surface area contributed by atoms with Crippen molar-refractivity contribution in [2.45, 2.75) is 6.54 Å². The van der Waals surface area contributed by atoms with Gasteiger partial charge in [0.1, 0.15) is 5.75 Å². The number of methoxy groups -OCH3 is 3. The fraction of sp³-hybridized carbons (Fsp3) is 0.250. The first-order valence-corrected chi connectivity index (χ1v) is 6.91. The second kappa shape index (κ2) is 7.88. The second-order valence-corrected chi connectivity index (χ2v) is 4.57. The number of carbonyl (C=O) groups is 1. The third-order valence-electron chi connectivity index (χ3n) is 3.15. The number of hydrogen-bond acceptors (Lipinski definition) is 5. The fourth-order valence-corrected chi connectivity index (χ4v) is 2.02. The monoisotopic (exact) mass is 317 g/mol. The molecule has 0 aliphatic heterocycles. The Hall–Kier alpha value is -2.96. The lowest BCUT2D eigenvalue weighted by atomic mass is 10.1. The number of hydrogen-bond donors (Lipinski definition) is 2. The minimum absolute atomic E-state index is 0.273. The van der Waals surface area contributed by atoms with Gasteiger partial charge in [0.15, 0.2) is 11.5 Å². The Labute approximate surface area is 134 Å². The van der Waals surface area contributed by atoms with Gasteiger partial charge >= 0.3 is 6.03 Å². The number of benzene rings is 1. The molecule has 2 N–H and O–H groups in total. The maximum atomic E-state index is 11.9. The van der Waals surface area contributed by atoms with Gasteiger partial charge in [-0.2, -0.15) is 0 Å². The highest BCUT2D eigenvalue weighted by Crippen LogP contribution is 2.34. The van der Waals surface area contributed by atoms with Gasteiger partial charge in [-0.05, 0) is 18.2 Å². The highest BCUT2D eigenvalue weighted by atomic mass is 16.5. The molecule has 0 fully saturated rings. The van der Waals surface area contributed by atoms with Crippen molar-refractivity contribution in [2.75, 3.05) is 26.6 Å². The number of aromatic nitrogens is 1. The van der Waals surface area contributed by atoms with Gasteiger partial charge in [-0.25, -0.2) is 4.79 Å². The normalized spacial score (nSPS) is 9.87. The van der Waals surface area contributed by atoms with E-state index in [4.69, 9.17) is 14.2 Å². The summed E-state index contributed by atoms with van der Waals surface area (Å²) in [5.74, 6) is 1.73. The van der Waals surface area contributed by atoms with Crippen LogP contribution in [-0.4, -0.2) is 32.3 Å². The number of nitrogens with zero attached hydrogens (tertiary/aromatic N) is 1. The molecule has 7 heteroatoms. The van der Waals surface area contributed by atoms with Crippen LogP contribution in [0.1, 0.15) is 5.56 Å². The minimum Gasteiger partial charge on any atom is -0.496 e. The molecule has 0 atom stereocenters. The third-order valence-corrected chi connectivity index (χ3v) is 3.15. The molecule has 7 nitrogen and oxygen atoms in total. The summed E-state index contributed by atoms with van der Waals surface area (Å²) in [6.45, 7) is 0.273. The number of urea groups is 1. The van der Waals surface area contributed by atoms with Crippen molar-refractivity contribution in [2.24, 2.45) is 0 Å². The van der Waals surface area contributed by atoms with E-state index in [9.17, 15) is 4.79 Å². The Kier molecular flexibility index (Phi) is 5.62. The summed E-state index contributed by atoms with van der Waals surface area (Å²) < 4.78 is 15.8. The van der Waals surface area contributed by atoms with Crippen molar-refractivity contribution in [1.29, 1.82) is 0 Å². The maximum absolute atomic E-state index is 11.9. The van der Waals surface area contributed by atoms with Crippen molar-refractivity contribution in [1.82, 2.24) is 10.3 Å². The Morgan fingerprint density at radius 2 is 1.78 bits per heavy atom. The van der Waals surface area contributed by atoms with Crippen LogP contribution in [0.3, 0.4) is 0 Å². The summed E-state index contributed by atoms with van der Waals surface area (Å²) in [6.07, 6.45) is 3.20. The number of anilines is 1. The Morgan fingerprint density at radius 3 is 2.39 bits per heavy atom.